The summed E-state index contributed by atoms with van der Waals surface area (Å²) >= 11 is 2.04. The molecule has 60 valence electrons. The molecule has 0 aromatic carbocycles. The molecule has 1 heterocycles. The predicted molar refractivity (Wildman–Crippen MR) is 51.7 cm³/mol. The van der Waals surface area contributed by atoms with Crippen LogP contribution >= 0.6 is 22.6 Å². The summed E-state index contributed by atoms with van der Waals surface area (Å²) in [5, 5.41) is 8.54. The zero-order valence-corrected chi connectivity index (χ0v) is 8.49. The highest BCUT2D eigenvalue weighted by atomic mass is 127. The molecule has 1 aromatic rings. The fourth-order valence-corrected chi connectivity index (χ4v) is 1.32. The van der Waals surface area contributed by atoms with E-state index in [1.807, 2.05) is 28.7 Å². The molecule has 0 aliphatic carbocycles. The third-order valence-corrected chi connectivity index (χ3v) is 1.89. The van der Waals surface area contributed by atoms with Crippen LogP contribution in [-0.4, -0.2) is 10.8 Å². The molecular weight excluding hydrogens is 267 g/mol. The molecule has 0 spiro atoms. The second-order valence-corrected chi connectivity index (χ2v) is 3.47. The van der Waals surface area contributed by atoms with Gasteiger partial charge in [-0.2, -0.15) is 5.26 Å². The molecule has 1 rings (SSSR count). The van der Waals surface area contributed by atoms with E-state index in [4.69, 9.17) is 5.26 Å². The van der Waals surface area contributed by atoms with Crippen molar-refractivity contribution in [1.29, 1.82) is 5.26 Å². The minimum atomic E-state index is -0.120. The third-order valence-electron chi connectivity index (χ3n) is 1.27. The Kier molecular flexibility index (Phi) is 2.76. The number of halogens is 1. The quantitative estimate of drug-likeness (QED) is 0.578. The lowest BCUT2D eigenvalue weighted by molar-refractivity contribution is 0.101. The van der Waals surface area contributed by atoms with Crippen LogP contribution in [0.1, 0.15) is 23.1 Å². The number of hydrogen-bond acceptors (Lipinski definition) is 3. The Bertz CT molecular complexity index is 368. The van der Waals surface area contributed by atoms with Gasteiger partial charge in [0.2, 0.25) is 0 Å². The number of carbonyl (C=O) groups excluding carboxylic acids is 1. The third kappa shape index (κ3) is 2.01. The SMILES string of the molecule is CC(=O)c1cc(I)cc(C#N)n1. The average molecular weight is 272 g/mol. The zero-order chi connectivity index (χ0) is 9.14. The van der Waals surface area contributed by atoms with Gasteiger partial charge in [0.1, 0.15) is 17.5 Å². The van der Waals surface area contributed by atoms with Crippen LogP contribution in [0.15, 0.2) is 12.1 Å². The van der Waals surface area contributed by atoms with Gasteiger partial charge in [-0.1, -0.05) is 0 Å². The van der Waals surface area contributed by atoms with Crippen LogP contribution < -0.4 is 0 Å². The molecular formula is C8H5IN2O. The van der Waals surface area contributed by atoms with Gasteiger partial charge in [0, 0.05) is 10.5 Å². The minimum absolute atomic E-state index is 0.120. The lowest BCUT2D eigenvalue weighted by Gasteiger charge is -1.96. The number of aromatic nitrogens is 1. The monoisotopic (exact) mass is 272 g/mol. The second kappa shape index (κ2) is 3.63. The van der Waals surface area contributed by atoms with Crippen molar-refractivity contribution < 1.29 is 4.79 Å². The maximum Gasteiger partial charge on any atom is 0.178 e. The van der Waals surface area contributed by atoms with Gasteiger partial charge >= 0.3 is 0 Å². The molecule has 0 saturated carbocycles. The van der Waals surface area contributed by atoms with Crippen molar-refractivity contribution in [3.05, 3.63) is 27.1 Å². The maximum atomic E-state index is 10.9. The van der Waals surface area contributed by atoms with E-state index in [1.165, 1.54) is 6.92 Å². The molecule has 0 atom stereocenters. The lowest BCUT2D eigenvalue weighted by atomic mass is 10.2. The van der Waals surface area contributed by atoms with Crippen LogP contribution in [-0.2, 0) is 0 Å². The van der Waals surface area contributed by atoms with Gasteiger partial charge in [-0.05, 0) is 34.7 Å². The Balaban J connectivity index is 3.26. The Hall–Kier alpha value is -0.960. The first-order valence-electron chi connectivity index (χ1n) is 3.22. The first kappa shape index (κ1) is 9.13. The van der Waals surface area contributed by atoms with Crippen molar-refractivity contribution in [3.8, 4) is 6.07 Å². The fraction of sp³-hybridized carbons (Fsp3) is 0.125. The van der Waals surface area contributed by atoms with E-state index in [2.05, 4.69) is 4.98 Å². The number of Topliss-reactive ketones (excluding diaryl/α,β-unsaturated/α-hetero) is 1. The number of ketones is 1. The highest BCUT2D eigenvalue weighted by Gasteiger charge is 2.03. The topological polar surface area (TPSA) is 53.8 Å². The van der Waals surface area contributed by atoms with Crippen molar-refractivity contribution in [2.45, 2.75) is 6.92 Å². The largest absolute Gasteiger partial charge is 0.293 e. The van der Waals surface area contributed by atoms with E-state index >= 15 is 0 Å². The summed E-state index contributed by atoms with van der Waals surface area (Å²) < 4.78 is 0.851. The van der Waals surface area contributed by atoms with Crippen molar-refractivity contribution in [2.24, 2.45) is 0 Å². The summed E-state index contributed by atoms with van der Waals surface area (Å²) in [6, 6.07) is 5.18. The molecule has 0 bridgehead atoms. The standard InChI is InChI=1S/C8H5IN2O/c1-5(12)8-3-6(9)2-7(4-10)11-8/h2-3H,1H3. The summed E-state index contributed by atoms with van der Waals surface area (Å²) in [4.78, 5) is 14.7. The minimum Gasteiger partial charge on any atom is -0.293 e. The molecule has 0 aliphatic heterocycles. The Morgan fingerprint density at radius 1 is 1.67 bits per heavy atom. The highest BCUT2D eigenvalue weighted by molar-refractivity contribution is 14.1. The first-order chi connectivity index (χ1) is 5.63. The van der Waals surface area contributed by atoms with Crippen molar-refractivity contribution in [1.82, 2.24) is 4.98 Å². The van der Waals surface area contributed by atoms with Crippen LogP contribution in [0.25, 0.3) is 0 Å². The normalized spacial score (nSPS) is 9.08. The molecule has 0 N–H and O–H groups in total. The van der Waals surface area contributed by atoms with Gasteiger partial charge in [-0.25, -0.2) is 4.98 Å². The molecule has 1 aromatic heterocycles. The van der Waals surface area contributed by atoms with Crippen molar-refractivity contribution >= 4 is 28.4 Å². The van der Waals surface area contributed by atoms with Crippen LogP contribution in [0, 0.1) is 14.9 Å². The molecule has 12 heavy (non-hydrogen) atoms. The van der Waals surface area contributed by atoms with E-state index in [9.17, 15) is 4.79 Å². The number of hydrogen-bond donors (Lipinski definition) is 0. The van der Waals surface area contributed by atoms with Gasteiger partial charge in [-0.15, -0.1) is 0 Å². The highest BCUT2D eigenvalue weighted by Crippen LogP contribution is 2.08. The van der Waals surface area contributed by atoms with E-state index in [-0.39, 0.29) is 11.5 Å². The molecule has 3 nitrogen and oxygen atoms in total. The molecule has 0 fully saturated rings. The van der Waals surface area contributed by atoms with Crippen LogP contribution in [0.4, 0.5) is 0 Å². The lowest BCUT2D eigenvalue weighted by Crippen LogP contribution is -1.99. The summed E-state index contributed by atoms with van der Waals surface area (Å²) in [7, 11) is 0. The van der Waals surface area contributed by atoms with Gasteiger partial charge in [0.15, 0.2) is 5.78 Å². The van der Waals surface area contributed by atoms with E-state index in [1.54, 1.807) is 12.1 Å². The average Bonchev–Trinajstić information content (AvgIpc) is 2.03. The molecule has 0 unspecified atom stereocenters. The van der Waals surface area contributed by atoms with Crippen molar-refractivity contribution in [2.75, 3.05) is 0 Å². The van der Waals surface area contributed by atoms with Gasteiger partial charge in [-0.3, -0.25) is 4.79 Å². The first-order valence-corrected chi connectivity index (χ1v) is 4.30. The van der Waals surface area contributed by atoms with Gasteiger partial charge in [0.25, 0.3) is 0 Å². The summed E-state index contributed by atoms with van der Waals surface area (Å²) in [5.74, 6) is -0.120. The molecule has 0 saturated heterocycles. The molecule has 0 radical (unpaired) electrons. The van der Waals surface area contributed by atoms with E-state index < -0.39 is 0 Å². The maximum absolute atomic E-state index is 10.9. The summed E-state index contributed by atoms with van der Waals surface area (Å²) in [6.45, 7) is 1.43. The Labute approximate surface area is 83.6 Å². The smallest absolute Gasteiger partial charge is 0.178 e. The number of nitriles is 1. The zero-order valence-electron chi connectivity index (χ0n) is 6.34. The van der Waals surface area contributed by atoms with Crippen LogP contribution in [0.5, 0.6) is 0 Å². The van der Waals surface area contributed by atoms with E-state index in [0.29, 0.717) is 5.69 Å². The Morgan fingerprint density at radius 3 is 2.83 bits per heavy atom. The Morgan fingerprint density at radius 2 is 2.33 bits per heavy atom. The molecule has 0 amide bonds. The summed E-state index contributed by atoms with van der Waals surface area (Å²) in [6.07, 6.45) is 0. The van der Waals surface area contributed by atoms with Crippen LogP contribution in [0.2, 0.25) is 0 Å². The second-order valence-electron chi connectivity index (χ2n) is 2.22. The van der Waals surface area contributed by atoms with Gasteiger partial charge < -0.3 is 0 Å². The number of pyridine rings is 1. The number of rotatable bonds is 1. The van der Waals surface area contributed by atoms with Crippen LogP contribution in [0.3, 0.4) is 0 Å². The number of carbonyl (C=O) groups is 1. The molecule has 4 heteroatoms. The number of nitrogens with zero attached hydrogens (tertiary/aromatic N) is 2. The van der Waals surface area contributed by atoms with E-state index in [0.717, 1.165) is 3.57 Å². The van der Waals surface area contributed by atoms with Crippen molar-refractivity contribution in [3.63, 3.8) is 0 Å². The molecule has 0 aliphatic rings. The van der Waals surface area contributed by atoms with Gasteiger partial charge in [0.05, 0.1) is 0 Å². The fourth-order valence-electron chi connectivity index (χ4n) is 0.735. The summed E-state index contributed by atoms with van der Waals surface area (Å²) in [5.41, 5.74) is 0.630. The predicted octanol–water partition coefficient (Wildman–Crippen LogP) is 1.76.